The van der Waals surface area contributed by atoms with Crippen molar-refractivity contribution >= 4 is 10.3 Å². The molecule has 0 rings (SSSR count). The molecule has 0 aliphatic rings. The number of hydrogen-bond acceptors (Lipinski definition) is 4. The number of hydrogen-bond donors (Lipinski definition) is 2. The molecule has 0 amide bonds. The maximum atomic E-state index is 9.08. The number of rotatable bonds is 1. The molecule has 0 aromatic carbocycles. The summed E-state index contributed by atoms with van der Waals surface area (Å²) < 4.78 is 27.2. The van der Waals surface area contributed by atoms with Crippen LogP contribution in [0.1, 0.15) is 0 Å². The minimum atomic E-state index is -4.61. The van der Waals surface area contributed by atoms with Crippen molar-refractivity contribution in [2.24, 2.45) is 0 Å². The van der Waals surface area contributed by atoms with E-state index >= 15 is 0 Å². The maximum absolute atomic E-state index is 9.08. The van der Waals surface area contributed by atoms with E-state index in [0.717, 1.165) is 0 Å². The monoisotopic (exact) mass is 135 g/mol. The molecule has 0 atom stereocenters. The molecule has 0 heterocycles. The minimum Gasteiger partial charge on any atom is -0.734 e. The molecule has 0 unspecified atom stereocenters. The molecule has 7 heavy (non-hydrogen) atoms. The van der Waals surface area contributed by atoms with Crippen molar-refractivity contribution in [2.75, 3.05) is 0 Å². The third kappa shape index (κ3) is 10.9. The smallest absolute Gasteiger partial charge is 0.734 e. The van der Waals surface area contributed by atoms with Crippen molar-refractivity contribution in [3.63, 3.8) is 0 Å². The van der Waals surface area contributed by atoms with E-state index in [4.69, 9.17) is 18.2 Å². The largest absolute Gasteiger partial charge is 1.00 e. The van der Waals surface area contributed by atoms with Crippen LogP contribution in [0, 0.1) is 0 Å². The predicted octanol–water partition coefficient (Wildman–Crippen LogP) is -4.57. The van der Waals surface area contributed by atoms with Crippen LogP contribution >= 0.6 is 0 Å². The summed E-state index contributed by atoms with van der Waals surface area (Å²) in [6.45, 7) is 0. The molecule has 0 spiro atoms. The van der Waals surface area contributed by atoms with Crippen LogP contribution in [0.25, 0.3) is 0 Å². The molecular weight excluding hydrogens is 133 g/mol. The Hall–Kier alpha value is 0.830. The maximum Gasteiger partial charge on any atom is 1.00 e. The third-order valence-corrected chi connectivity index (χ3v) is 0.335. The molecular formula is H2NNaO4S. The van der Waals surface area contributed by atoms with Gasteiger partial charge in [0.05, 0.1) is 0 Å². The van der Waals surface area contributed by atoms with Gasteiger partial charge in [-0.1, -0.05) is 0 Å². The fraction of sp³-hybridized carbons (Fsp3) is 0. The average Bonchev–Trinajstić information content (AvgIpc) is 1.35. The minimum absolute atomic E-state index is 0. The fourth-order valence-electron chi connectivity index (χ4n) is 0. The first-order valence-corrected chi connectivity index (χ1v) is 2.34. The van der Waals surface area contributed by atoms with Crippen LogP contribution in [0.4, 0.5) is 0 Å². The quantitative estimate of drug-likeness (QED) is 0.215. The van der Waals surface area contributed by atoms with Crippen molar-refractivity contribution in [1.82, 2.24) is 4.89 Å². The standard InChI is InChI=1S/H3NO4S.Na/c2-1-6(3,4)5;/h1-2H,(H,3,4,5);/q;+1/p-1. The average molecular weight is 135 g/mol. The summed E-state index contributed by atoms with van der Waals surface area (Å²) in [4.78, 5) is 0.521. The van der Waals surface area contributed by atoms with Crippen LogP contribution in [0.15, 0.2) is 0 Å². The molecule has 0 bridgehead atoms. The van der Waals surface area contributed by atoms with E-state index < -0.39 is 10.3 Å². The first-order valence-electron chi connectivity index (χ1n) is 0.928. The Bertz CT molecular complexity index is 114. The van der Waals surface area contributed by atoms with E-state index in [1.54, 1.807) is 0 Å². The Balaban J connectivity index is 0. The van der Waals surface area contributed by atoms with E-state index in [0.29, 0.717) is 4.89 Å². The van der Waals surface area contributed by atoms with Gasteiger partial charge in [-0.3, -0.25) is 0 Å². The molecule has 7 heteroatoms. The summed E-state index contributed by atoms with van der Waals surface area (Å²) in [5, 5.41) is 7.25. The predicted molar refractivity (Wildman–Crippen MR) is 14.6 cm³/mol. The van der Waals surface area contributed by atoms with E-state index in [-0.39, 0.29) is 29.6 Å². The Morgan fingerprint density at radius 3 is 1.71 bits per heavy atom. The van der Waals surface area contributed by atoms with Gasteiger partial charge in [-0.2, -0.15) is 0 Å². The van der Waals surface area contributed by atoms with E-state index in [9.17, 15) is 0 Å². The number of nitrogens with one attached hydrogen (secondary N) is 1. The first kappa shape index (κ1) is 10.7. The zero-order chi connectivity index (χ0) is 5.21. The summed E-state index contributed by atoms with van der Waals surface area (Å²) in [7, 11) is -4.61. The molecule has 0 radical (unpaired) electrons. The Labute approximate surface area is 62.8 Å². The van der Waals surface area contributed by atoms with Gasteiger partial charge >= 0.3 is 29.6 Å². The van der Waals surface area contributed by atoms with Crippen LogP contribution in [-0.4, -0.2) is 18.2 Å². The Kier molecular flexibility index (Phi) is 5.81. The zero-order valence-electron chi connectivity index (χ0n) is 3.58. The van der Waals surface area contributed by atoms with Crippen LogP contribution in [-0.2, 0) is 10.3 Å². The second-order valence-electron chi connectivity index (χ2n) is 0.545. The molecule has 38 valence electrons. The van der Waals surface area contributed by atoms with Gasteiger partial charge in [0.25, 0.3) is 0 Å². The van der Waals surface area contributed by atoms with Gasteiger partial charge in [0.15, 0.2) is 10.3 Å². The summed E-state index contributed by atoms with van der Waals surface area (Å²) in [5.74, 6) is 0. The summed E-state index contributed by atoms with van der Waals surface area (Å²) in [6.07, 6.45) is 0. The SMILES string of the molecule is O=S(=O)([O-])NO.[Na+]. The van der Waals surface area contributed by atoms with Gasteiger partial charge in [0, 0.05) is 0 Å². The molecule has 5 nitrogen and oxygen atoms in total. The first-order chi connectivity index (χ1) is 2.56. The van der Waals surface area contributed by atoms with Crippen LogP contribution < -0.4 is 34.4 Å². The van der Waals surface area contributed by atoms with Gasteiger partial charge in [0.2, 0.25) is 0 Å². The van der Waals surface area contributed by atoms with Crippen molar-refractivity contribution in [3.05, 3.63) is 0 Å². The molecule has 0 fully saturated rings. The summed E-state index contributed by atoms with van der Waals surface area (Å²) >= 11 is 0. The topological polar surface area (TPSA) is 89.5 Å². The molecule has 2 N–H and O–H groups in total. The van der Waals surface area contributed by atoms with E-state index in [2.05, 4.69) is 0 Å². The second kappa shape index (κ2) is 3.79. The van der Waals surface area contributed by atoms with Crippen molar-refractivity contribution in [3.8, 4) is 0 Å². The van der Waals surface area contributed by atoms with Crippen molar-refractivity contribution in [1.29, 1.82) is 0 Å². The molecule has 0 aromatic heterocycles. The van der Waals surface area contributed by atoms with E-state index in [1.807, 2.05) is 0 Å². The molecule has 0 saturated carbocycles. The Morgan fingerprint density at radius 2 is 1.71 bits per heavy atom. The van der Waals surface area contributed by atoms with Gasteiger partial charge in [-0.05, 0) is 0 Å². The van der Waals surface area contributed by atoms with Crippen LogP contribution in [0.3, 0.4) is 0 Å². The van der Waals surface area contributed by atoms with Crippen molar-refractivity contribution in [2.45, 2.75) is 0 Å². The second-order valence-corrected chi connectivity index (χ2v) is 1.64. The van der Waals surface area contributed by atoms with Gasteiger partial charge in [-0.25, -0.2) is 8.42 Å². The summed E-state index contributed by atoms with van der Waals surface area (Å²) in [6, 6.07) is 0. The van der Waals surface area contributed by atoms with Gasteiger partial charge in [0.1, 0.15) is 0 Å². The van der Waals surface area contributed by atoms with E-state index in [1.165, 1.54) is 0 Å². The normalized spacial score (nSPS) is 10.0. The Morgan fingerprint density at radius 1 is 1.57 bits per heavy atom. The molecule has 0 saturated heterocycles. The zero-order valence-corrected chi connectivity index (χ0v) is 6.40. The molecule has 0 aliphatic heterocycles. The van der Waals surface area contributed by atoms with Crippen molar-refractivity contribution < 1.29 is 47.7 Å². The van der Waals surface area contributed by atoms with Crippen LogP contribution in [0.2, 0.25) is 0 Å². The molecule has 0 aliphatic carbocycles. The summed E-state index contributed by atoms with van der Waals surface area (Å²) in [5.41, 5.74) is 0. The van der Waals surface area contributed by atoms with Gasteiger partial charge in [-0.15, -0.1) is 4.89 Å². The van der Waals surface area contributed by atoms with Gasteiger partial charge < -0.3 is 9.76 Å². The fourth-order valence-corrected chi connectivity index (χ4v) is 0. The third-order valence-electron chi connectivity index (χ3n) is 0.112. The van der Waals surface area contributed by atoms with Crippen LogP contribution in [0.5, 0.6) is 0 Å². The molecule has 0 aromatic rings.